The third kappa shape index (κ3) is 3.85. The van der Waals surface area contributed by atoms with Crippen molar-refractivity contribution in [3.8, 4) is 0 Å². The quantitative estimate of drug-likeness (QED) is 0.678. The Morgan fingerprint density at radius 1 is 1.00 bits per heavy atom. The van der Waals surface area contributed by atoms with Gasteiger partial charge >= 0.3 is 0 Å². The highest BCUT2D eigenvalue weighted by molar-refractivity contribution is 7.09. The van der Waals surface area contributed by atoms with Crippen LogP contribution in [0.15, 0.2) is 24.3 Å². The molecule has 0 unspecified atom stereocenters. The maximum Gasteiger partial charge on any atom is 0.228 e. The van der Waals surface area contributed by atoms with Gasteiger partial charge in [-0.1, -0.05) is 29.8 Å². The van der Waals surface area contributed by atoms with Crippen LogP contribution < -0.4 is 4.90 Å². The lowest BCUT2D eigenvalue weighted by atomic mass is 9.49. The molecule has 5 nitrogen and oxygen atoms in total. The van der Waals surface area contributed by atoms with Gasteiger partial charge in [0.15, 0.2) is 0 Å². The maximum absolute atomic E-state index is 13.8. The van der Waals surface area contributed by atoms with Gasteiger partial charge in [-0.3, -0.25) is 4.79 Å². The smallest absolute Gasteiger partial charge is 0.228 e. The van der Waals surface area contributed by atoms with Crippen molar-refractivity contribution in [1.29, 1.82) is 0 Å². The van der Waals surface area contributed by atoms with Crippen LogP contribution in [-0.4, -0.2) is 46.3 Å². The molecule has 32 heavy (non-hydrogen) atoms. The molecule has 4 aliphatic carbocycles. The molecule has 4 saturated carbocycles. The van der Waals surface area contributed by atoms with Crippen molar-refractivity contribution in [1.82, 2.24) is 14.3 Å². The van der Waals surface area contributed by atoms with Crippen LogP contribution in [0.1, 0.15) is 61.9 Å². The van der Waals surface area contributed by atoms with Crippen LogP contribution in [-0.2, 0) is 11.2 Å². The Morgan fingerprint density at radius 2 is 1.69 bits per heavy atom. The van der Waals surface area contributed by atoms with Gasteiger partial charge in [0.2, 0.25) is 11.0 Å². The molecule has 2 heterocycles. The lowest BCUT2D eigenvalue weighted by Gasteiger charge is -2.56. The molecule has 0 radical (unpaired) electrons. The molecule has 7 rings (SSSR count). The molecule has 1 aromatic heterocycles. The van der Waals surface area contributed by atoms with Crippen molar-refractivity contribution < 1.29 is 4.79 Å². The van der Waals surface area contributed by atoms with E-state index in [2.05, 4.69) is 45.4 Å². The fourth-order valence-corrected chi connectivity index (χ4v) is 8.09. The predicted molar refractivity (Wildman–Crippen MR) is 128 cm³/mol. The Balaban J connectivity index is 1.10. The second-order valence-electron chi connectivity index (χ2n) is 11.0. The Bertz CT molecular complexity index is 949. The first kappa shape index (κ1) is 20.6. The van der Waals surface area contributed by atoms with Crippen LogP contribution in [0.3, 0.4) is 0 Å². The Kier molecular flexibility index (Phi) is 5.24. The molecule has 6 heteroatoms. The van der Waals surface area contributed by atoms with Crippen molar-refractivity contribution in [2.24, 2.45) is 23.2 Å². The van der Waals surface area contributed by atoms with Crippen LogP contribution in [0.2, 0.25) is 0 Å². The van der Waals surface area contributed by atoms with E-state index < -0.39 is 0 Å². The summed E-state index contributed by atoms with van der Waals surface area (Å²) in [6.07, 6.45) is 9.46. The average molecular weight is 451 g/mol. The van der Waals surface area contributed by atoms with Crippen LogP contribution >= 0.6 is 11.5 Å². The van der Waals surface area contributed by atoms with Gasteiger partial charge in [-0.25, -0.2) is 4.98 Å². The number of nitrogens with zero attached hydrogens (tertiary/aromatic N) is 4. The zero-order valence-corrected chi connectivity index (χ0v) is 19.9. The van der Waals surface area contributed by atoms with Gasteiger partial charge in [-0.2, -0.15) is 4.37 Å². The first-order chi connectivity index (χ1) is 15.6. The fourth-order valence-electron chi connectivity index (χ4n) is 7.35. The molecule has 1 aromatic carbocycles. The number of aryl methyl sites for hydroxylation is 1. The zero-order valence-electron chi connectivity index (χ0n) is 19.1. The molecular formula is C26H34N4OS. The highest BCUT2D eigenvalue weighted by atomic mass is 32.1. The molecule has 0 atom stereocenters. The first-order valence-corrected chi connectivity index (χ1v) is 13.3. The summed E-state index contributed by atoms with van der Waals surface area (Å²) in [4.78, 5) is 23.2. The van der Waals surface area contributed by atoms with Gasteiger partial charge in [-0.15, -0.1) is 0 Å². The summed E-state index contributed by atoms with van der Waals surface area (Å²) in [5, 5.41) is 1.01. The van der Waals surface area contributed by atoms with Crippen molar-refractivity contribution in [3.63, 3.8) is 0 Å². The van der Waals surface area contributed by atoms with E-state index >= 15 is 0 Å². The van der Waals surface area contributed by atoms with E-state index in [0.29, 0.717) is 5.91 Å². The third-order valence-electron chi connectivity index (χ3n) is 8.49. The highest BCUT2D eigenvalue weighted by Crippen LogP contribution is 2.60. The van der Waals surface area contributed by atoms with E-state index in [1.54, 1.807) is 0 Å². The molecule has 0 N–H and O–H groups in total. The number of amides is 1. The van der Waals surface area contributed by atoms with Gasteiger partial charge in [0, 0.05) is 44.1 Å². The number of rotatable bonds is 4. The second kappa shape index (κ2) is 8.12. The molecule has 5 fully saturated rings. The lowest BCUT2D eigenvalue weighted by Crippen LogP contribution is -2.55. The van der Waals surface area contributed by atoms with Gasteiger partial charge < -0.3 is 9.80 Å². The summed E-state index contributed by atoms with van der Waals surface area (Å²) < 4.78 is 4.63. The third-order valence-corrected chi connectivity index (χ3v) is 9.30. The number of anilines is 1. The molecule has 170 valence electrons. The Morgan fingerprint density at radius 3 is 2.38 bits per heavy atom. The fraction of sp³-hybridized carbons (Fsp3) is 0.654. The predicted octanol–water partition coefficient (Wildman–Crippen LogP) is 4.69. The van der Waals surface area contributed by atoms with E-state index in [9.17, 15) is 4.79 Å². The molecular weight excluding hydrogens is 416 g/mol. The van der Waals surface area contributed by atoms with Crippen molar-refractivity contribution in [3.05, 3.63) is 41.2 Å². The molecule has 5 aliphatic rings. The Labute approximate surface area is 195 Å². The summed E-state index contributed by atoms with van der Waals surface area (Å²) >= 11 is 1.51. The number of aromatic nitrogens is 2. The zero-order chi connectivity index (χ0) is 21.7. The molecule has 4 bridgehead atoms. The minimum atomic E-state index is -0.0200. The largest absolute Gasteiger partial charge is 0.345 e. The topological polar surface area (TPSA) is 49.3 Å². The lowest BCUT2D eigenvalue weighted by molar-refractivity contribution is -0.157. The van der Waals surface area contributed by atoms with Gasteiger partial charge in [0.25, 0.3) is 0 Å². The Hall–Kier alpha value is -1.95. The van der Waals surface area contributed by atoms with E-state index in [1.165, 1.54) is 41.9 Å². The molecule has 1 aliphatic heterocycles. The van der Waals surface area contributed by atoms with Gasteiger partial charge in [0.05, 0.1) is 5.41 Å². The van der Waals surface area contributed by atoms with E-state index in [4.69, 9.17) is 4.98 Å². The summed E-state index contributed by atoms with van der Waals surface area (Å²) in [7, 11) is 0. The minimum absolute atomic E-state index is 0.0200. The molecule has 1 amide bonds. The molecule has 1 saturated heterocycles. The van der Waals surface area contributed by atoms with E-state index in [0.717, 1.165) is 87.0 Å². The number of hydrogen-bond donors (Lipinski definition) is 0. The average Bonchev–Trinajstić information content (AvgIpc) is 3.09. The first-order valence-electron chi connectivity index (χ1n) is 12.5. The highest BCUT2D eigenvalue weighted by Gasteiger charge is 2.55. The number of benzene rings is 1. The van der Waals surface area contributed by atoms with Gasteiger partial charge in [-0.05, 0) is 75.2 Å². The minimum Gasteiger partial charge on any atom is -0.345 e. The van der Waals surface area contributed by atoms with Crippen molar-refractivity contribution in [2.75, 3.05) is 31.1 Å². The summed E-state index contributed by atoms with van der Waals surface area (Å²) in [6.45, 7) is 5.67. The summed E-state index contributed by atoms with van der Waals surface area (Å²) in [5.41, 5.74) is 2.51. The molecule has 0 spiro atoms. The van der Waals surface area contributed by atoms with E-state index in [1.807, 2.05) is 0 Å². The van der Waals surface area contributed by atoms with Crippen molar-refractivity contribution >= 4 is 22.6 Å². The second-order valence-corrected chi connectivity index (χ2v) is 11.7. The van der Waals surface area contributed by atoms with Crippen LogP contribution in [0.25, 0.3) is 0 Å². The van der Waals surface area contributed by atoms with Gasteiger partial charge in [0.1, 0.15) is 5.82 Å². The number of carbonyl (C=O) groups is 1. The van der Waals surface area contributed by atoms with E-state index in [-0.39, 0.29) is 5.41 Å². The standard InChI is InChI=1S/C26H34N4OS/c1-18-3-5-19(6-4-18)14-23-27-25(32-28-23)30-8-2-7-29(9-10-30)24(31)26-15-20-11-21(16-26)13-22(12-20)17-26/h3-6,20-22H,2,7-17H2,1H3. The van der Waals surface area contributed by atoms with Crippen molar-refractivity contribution in [2.45, 2.75) is 58.3 Å². The van der Waals surface area contributed by atoms with Crippen LogP contribution in [0.4, 0.5) is 5.13 Å². The van der Waals surface area contributed by atoms with Crippen LogP contribution in [0.5, 0.6) is 0 Å². The number of hydrogen-bond acceptors (Lipinski definition) is 5. The normalized spacial score (nSPS) is 31.7. The molecule has 2 aromatic rings. The van der Waals surface area contributed by atoms with Crippen LogP contribution in [0, 0.1) is 30.1 Å². The summed E-state index contributed by atoms with van der Waals surface area (Å²) in [5.74, 6) is 3.85. The SMILES string of the molecule is Cc1ccc(Cc2nsc(N3CCCN(C(=O)C45CC6CC(CC(C6)C4)C5)CC3)n2)cc1. The monoisotopic (exact) mass is 450 g/mol. The maximum atomic E-state index is 13.8. The number of carbonyl (C=O) groups excluding carboxylic acids is 1. The summed E-state index contributed by atoms with van der Waals surface area (Å²) in [6, 6.07) is 8.62.